The fraction of sp³-hybridized carbons (Fsp3) is 0.357. The number of phenols is 3. The highest BCUT2D eigenvalue weighted by Crippen LogP contribution is 2.35. The summed E-state index contributed by atoms with van der Waals surface area (Å²) in [7, 11) is 0.945. The van der Waals surface area contributed by atoms with Crippen LogP contribution in [-0.2, 0) is 23.8 Å². The molecule has 1 aromatic rings. The summed E-state index contributed by atoms with van der Waals surface area (Å²) in [4.78, 5) is 35.2. The average Bonchev–Trinajstić information content (AvgIpc) is 2.83. The fourth-order valence-corrected chi connectivity index (χ4v) is 2.10. The third kappa shape index (κ3) is 3.41. The number of methoxy groups -OCH3 is 1. The van der Waals surface area contributed by atoms with E-state index in [0.29, 0.717) is 0 Å². The van der Waals surface area contributed by atoms with Crippen LogP contribution in [0.1, 0.15) is 10.4 Å². The maximum atomic E-state index is 12.1. The van der Waals surface area contributed by atoms with Crippen LogP contribution in [-0.4, -0.2) is 75.0 Å². The second-order valence-electron chi connectivity index (χ2n) is 5.05. The van der Waals surface area contributed by atoms with Gasteiger partial charge in [-0.3, -0.25) is 0 Å². The number of esters is 3. The highest BCUT2D eigenvalue weighted by molar-refractivity contribution is 5.93. The van der Waals surface area contributed by atoms with Crippen molar-refractivity contribution in [1.29, 1.82) is 0 Å². The van der Waals surface area contributed by atoms with E-state index in [1.807, 2.05) is 0 Å². The summed E-state index contributed by atoms with van der Waals surface area (Å²) >= 11 is 0. The number of carbonyl (C=O) groups is 3. The Morgan fingerprint density at radius 3 is 2.16 bits per heavy atom. The predicted molar refractivity (Wildman–Crippen MR) is 74.5 cm³/mol. The van der Waals surface area contributed by atoms with Crippen molar-refractivity contribution in [2.24, 2.45) is 0 Å². The number of hydrogen-bond acceptors (Lipinski definition) is 11. The van der Waals surface area contributed by atoms with Crippen LogP contribution >= 0.6 is 0 Å². The Bertz CT molecular complexity index is 690. The highest BCUT2D eigenvalue weighted by atomic mass is 16.6. The first-order chi connectivity index (χ1) is 11.7. The molecule has 4 unspecified atom stereocenters. The number of phenolic OH excluding ortho intramolecular Hbond substituents is 3. The number of aromatic hydroxyl groups is 3. The predicted octanol–water partition coefficient (Wildman–Crippen LogP) is -1.85. The van der Waals surface area contributed by atoms with Gasteiger partial charge in [-0.25, -0.2) is 14.4 Å². The summed E-state index contributed by atoms with van der Waals surface area (Å²) in [5, 5.41) is 47.1. The average molecular weight is 358 g/mol. The maximum absolute atomic E-state index is 12.1. The highest BCUT2D eigenvalue weighted by Gasteiger charge is 2.51. The molecule has 0 bridgehead atoms. The number of cyclic esters (lactones) is 1. The van der Waals surface area contributed by atoms with Crippen LogP contribution in [0, 0.1) is 0 Å². The first kappa shape index (κ1) is 18.3. The lowest BCUT2D eigenvalue weighted by Crippen LogP contribution is -2.46. The van der Waals surface area contributed by atoms with Crippen LogP contribution in [0.2, 0.25) is 0 Å². The van der Waals surface area contributed by atoms with Gasteiger partial charge in [0.05, 0.1) is 12.7 Å². The molecule has 1 aliphatic rings. The molecule has 1 saturated heterocycles. The fourth-order valence-electron chi connectivity index (χ4n) is 2.10. The van der Waals surface area contributed by atoms with Crippen molar-refractivity contribution in [3.8, 4) is 17.2 Å². The topological polar surface area (TPSA) is 180 Å². The zero-order chi connectivity index (χ0) is 18.9. The van der Waals surface area contributed by atoms with Crippen LogP contribution in [0.25, 0.3) is 0 Å². The molecule has 1 aliphatic heterocycles. The first-order valence-corrected chi connectivity index (χ1v) is 6.77. The lowest BCUT2D eigenvalue weighted by atomic mass is 10.1. The van der Waals surface area contributed by atoms with Gasteiger partial charge in [0, 0.05) is 0 Å². The van der Waals surface area contributed by atoms with Crippen molar-refractivity contribution in [2.45, 2.75) is 24.4 Å². The van der Waals surface area contributed by atoms with Gasteiger partial charge in [-0.05, 0) is 12.1 Å². The molecule has 0 aromatic heterocycles. The molecule has 2 rings (SSSR count). The van der Waals surface area contributed by atoms with Crippen LogP contribution in [0.3, 0.4) is 0 Å². The van der Waals surface area contributed by atoms with E-state index in [2.05, 4.69) is 9.47 Å². The molecule has 11 nitrogen and oxygen atoms in total. The molecule has 0 saturated carbocycles. The molecular formula is C14H14O11. The normalized spacial score (nSPS) is 23.6. The minimum absolute atomic E-state index is 0.457. The zero-order valence-electron chi connectivity index (χ0n) is 12.6. The van der Waals surface area contributed by atoms with Gasteiger partial charge < -0.3 is 39.7 Å². The van der Waals surface area contributed by atoms with E-state index in [1.54, 1.807) is 0 Å². The largest absolute Gasteiger partial charge is 0.504 e. The standard InChI is InChI=1S/C14H14O11/c1-23-14(22)11(10-8(18)9(19)13(21)24-10)25-12(20)4-2-5(15)7(17)6(16)3-4/h2-3,8-11,15-19H,1H3. The van der Waals surface area contributed by atoms with Gasteiger partial charge in [-0.15, -0.1) is 0 Å². The second kappa shape index (κ2) is 6.83. The Hall–Kier alpha value is -3.05. The van der Waals surface area contributed by atoms with E-state index in [1.165, 1.54) is 0 Å². The van der Waals surface area contributed by atoms with Gasteiger partial charge in [0.2, 0.25) is 6.10 Å². The lowest BCUT2D eigenvalue weighted by molar-refractivity contribution is -0.165. The van der Waals surface area contributed by atoms with E-state index in [-0.39, 0.29) is 0 Å². The third-order valence-electron chi connectivity index (χ3n) is 3.43. The molecule has 1 heterocycles. The summed E-state index contributed by atoms with van der Waals surface area (Å²) in [5.41, 5.74) is -0.457. The number of benzene rings is 1. The Labute approximate surface area is 139 Å². The maximum Gasteiger partial charge on any atom is 0.351 e. The van der Waals surface area contributed by atoms with Gasteiger partial charge in [0.25, 0.3) is 0 Å². The van der Waals surface area contributed by atoms with Crippen molar-refractivity contribution in [3.63, 3.8) is 0 Å². The first-order valence-electron chi connectivity index (χ1n) is 6.77. The Morgan fingerprint density at radius 1 is 1.16 bits per heavy atom. The zero-order valence-corrected chi connectivity index (χ0v) is 12.6. The van der Waals surface area contributed by atoms with Gasteiger partial charge in [0.1, 0.15) is 6.10 Å². The molecule has 5 N–H and O–H groups in total. The van der Waals surface area contributed by atoms with Gasteiger partial charge in [0.15, 0.2) is 29.5 Å². The molecule has 136 valence electrons. The Morgan fingerprint density at radius 2 is 1.72 bits per heavy atom. The van der Waals surface area contributed by atoms with Crippen LogP contribution in [0.15, 0.2) is 12.1 Å². The molecule has 4 atom stereocenters. The molecule has 0 aliphatic carbocycles. The second-order valence-corrected chi connectivity index (χ2v) is 5.05. The molecular weight excluding hydrogens is 344 g/mol. The number of aliphatic hydroxyl groups excluding tert-OH is 2. The number of carbonyl (C=O) groups excluding carboxylic acids is 3. The van der Waals surface area contributed by atoms with Crippen LogP contribution in [0.5, 0.6) is 17.2 Å². The SMILES string of the molecule is COC(=O)C(OC(=O)c1cc(O)c(O)c(O)c1)C1OC(=O)C(O)C1O. The van der Waals surface area contributed by atoms with Crippen molar-refractivity contribution < 1.29 is 54.1 Å². The quantitative estimate of drug-likeness (QED) is 0.231. The molecule has 1 aromatic carbocycles. The molecule has 0 radical (unpaired) electrons. The number of ether oxygens (including phenoxy) is 3. The minimum Gasteiger partial charge on any atom is -0.504 e. The minimum atomic E-state index is -1.93. The van der Waals surface area contributed by atoms with E-state index in [9.17, 15) is 39.9 Å². The van der Waals surface area contributed by atoms with E-state index < -0.39 is 65.1 Å². The smallest absolute Gasteiger partial charge is 0.351 e. The van der Waals surface area contributed by atoms with Crippen molar-refractivity contribution in [2.75, 3.05) is 7.11 Å². The van der Waals surface area contributed by atoms with Crippen LogP contribution in [0.4, 0.5) is 0 Å². The van der Waals surface area contributed by atoms with Gasteiger partial charge in [-0.2, -0.15) is 0 Å². The Kier molecular flexibility index (Phi) is 4.99. The summed E-state index contributed by atoms with van der Waals surface area (Å²) in [6, 6.07) is 1.50. The van der Waals surface area contributed by atoms with E-state index in [4.69, 9.17) is 4.74 Å². The van der Waals surface area contributed by atoms with E-state index in [0.717, 1.165) is 19.2 Å². The van der Waals surface area contributed by atoms with Crippen LogP contribution < -0.4 is 0 Å². The molecule has 25 heavy (non-hydrogen) atoms. The summed E-state index contributed by atoms with van der Waals surface area (Å²) in [6.07, 6.45) is -7.44. The van der Waals surface area contributed by atoms with Gasteiger partial charge >= 0.3 is 17.9 Å². The third-order valence-corrected chi connectivity index (χ3v) is 3.43. The molecule has 1 fully saturated rings. The molecule has 11 heteroatoms. The summed E-state index contributed by atoms with van der Waals surface area (Å²) in [5.74, 6) is -6.21. The van der Waals surface area contributed by atoms with Gasteiger partial charge in [-0.1, -0.05) is 0 Å². The number of hydrogen-bond donors (Lipinski definition) is 5. The molecule has 0 amide bonds. The number of aliphatic hydroxyl groups is 2. The van der Waals surface area contributed by atoms with E-state index >= 15 is 0 Å². The Balaban J connectivity index is 2.27. The molecule has 0 spiro atoms. The van der Waals surface area contributed by atoms with Crippen molar-refractivity contribution >= 4 is 17.9 Å². The van der Waals surface area contributed by atoms with Crippen molar-refractivity contribution in [1.82, 2.24) is 0 Å². The summed E-state index contributed by atoms with van der Waals surface area (Å²) in [6.45, 7) is 0. The number of rotatable bonds is 4. The summed E-state index contributed by atoms with van der Waals surface area (Å²) < 4.78 is 13.9. The van der Waals surface area contributed by atoms with Crippen molar-refractivity contribution in [3.05, 3.63) is 17.7 Å². The monoisotopic (exact) mass is 358 g/mol. The lowest BCUT2D eigenvalue weighted by Gasteiger charge is -2.22.